The number of nitrogens with zero attached hydrogens (tertiary/aromatic N) is 2. The molecule has 0 aliphatic carbocycles. The van der Waals surface area contributed by atoms with E-state index in [-0.39, 0.29) is 0 Å². The highest BCUT2D eigenvalue weighted by Crippen LogP contribution is 2.11. The second-order valence-electron chi connectivity index (χ2n) is 4.81. The highest BCUT2D eigenvalue weighted by Gasteiger charge is 2.07. The number of pyridine rings is 1. The molecular weight excluding hydrogens is 272 g/mol. The lowest BCUT2D eigenvalue weighted by atomic mass is 10.0. The van der Waals surface area contributed by atoms with E-state index >= 15 is 0 Å². The standard InChI is InChI=1S/C19H16N2O/c1-3-8-16(9-4-1)15-22-21-19(17-10-5-2-6-11-17)18-12-7-13-20-14-18/h1-14H,15H2. The van der Waals surface area contributed by atoms with E-state index in [0.29, 0.717) is 6.61 Å². The fourth-order valence-corrected chi connectivity index (χ4v) is 2.12. The van der Waals surface area contributed by atoms with Gasteiger partial charge in [0.05, 0.1) is 0 Å². The molecular formula is C19H16N2O. The normalized spacial score (nSPS) is 11.2. The second kappa shape index (κ2) is 7.18. The molecule has 0 aliphatic rings. The third-order valence-electron chi connectivity index (χ3n) is 3.21. The molecule has 0 bridgehead atoms. The van der Waals surface area contributed by atoms with Crippen molar-refractivity contribution in [3.63, 3.8) is 0 Å². The second-order valence-corrected chi connectivity index (χ2v) is 4.81. The van der Waals surface area contributed by atoms with Crippen molar-refractivity contribution in [1.82, 2.24) is 4.98 Å². The quantitative estimate of drug-likeness (QED) is 0.524. The maximum Gasteiger partial charge on any atom is 0.142 e. The molecule has 0 aliphatic heterocycles. The molecule has 2 aromatic carbocycles. The molecule has 22 heavy (non-hydrogen) atoms. The van der Waals surface area contributed by atoms with E-state index in [4.69, 9.17) is 4.84 Å². The van der Waals surface area contributed by atoms with Crippen LogP contribution in [0.4, 0.5) is 0 Å². The molecule has 1 heterocycles. The van der Waals surface area contributed by atoms with E-state index in [9.17, 15) is 0 Å². The van der Waals surface area contributed by atoms with Gasteiger partial charge >= 0.3 is 0 Å². The fourth-order valence-electron chi connectivity index (χ4n) is 2.12. The lowest BCUT2D eigenvalue weighted by molar-refractivity contribution is 0.131. The molecule has 108 valence electrons. The van der Waals surface area contributed by atoms with Crippen molar-refractivity contribution in [2.45, 2.75) is 6.61 Å². The van der Waals surface area contributed by atoms with Crippen LogP contribution in [0.2, 0.25) is 0 Å². The molecule has 3 aromatic rings. The Morgan fingerprint density at radius 1 is 0.818 bits per heavy atom. The molecule has 0 amide bonds. The van der Waals surface area contributed by atoms with Crippen LogP contribution < -0.4 is 0 Å². The minimum atomic E-state index is 0.442. The number of oxime groups is 1. The SMILES string of the molecule is c1ccc(CON=C(c2ccccc2)c2cccnc2)cc1. The van der Waals surface area contributed by atoms with Crippen LogP contribution in [0, 0.1) is 0 Å². The summed E-state index contributed by atoms with van der Waals surface area (Å²) in [6.45, 7) is 0.442. The van der Waals surface area contributed by atoms with Crippen molar-refractivity contribution >= 4 is 5.71 Å². The van der Waals surface area contributed by atoms with Gasteiger partial charge in [-0.3, -0.25) is 4.98 Å². The Bertz CT molecular complexity index is 684. The van der Waals surface area contributed by atoms with Gasteiger partial charge in [-0.05, 0) is 17.7 Å². The molecule has 3 heteroatoms. The first-order valence-electron chi connectivity index (χ1n) is 7.13. The third kappa shape index (κ3) is 3.58. The van der Waals surface area contributed by atoms with E-state index < -0.39 is 0 Å². The number of rotatable bonds is 5. The van der Waals surface area contributed by atoms with Crippen LogP contribution in [0.3, 0.4) is 0 Å². The lowest BCUT2D eigenvalue weighted by Crippen LogP contribution is -2.05. The molecule has 0 fully saturated rings. The zero-order valence-electron chi connectivity index (χ0n) is 12.1. The Kier molecular flexibility index (Phi) is 4.57. The Morgan fingerprint density at radius 3 is 2.18 bits per heavy atom. The van der Waals surface area contributed by atoms with E-state index in [1.54, 1.807) is 12.4 Å². The third-order valence-corrected chi connectivity index (χ3v) is 3.21. The van der Waals surface area contributed by atoms with Crippen LogP contribution in [0.1, 0.15) is 16.7 Å². The van der Waals surface area contributed by atoms with Crippen molar-refractivity contribution in [2.75, 3.05) is 0 Å². The highest BCUT2D eigenvalue weighted by atomic mass is 16.6. The van der Waals surface area contributed by atoms with Crippen LogP contribution in [-0.4, -0.2) is 10.7 Å². The van der Waals surface area contributed by atoms with Gasteiger partial charge < -0.3 is 4.84 Å². The van der Waals surface area contributed by atoms with Gasteiger partial charge in [-0.25, -0.2) is 0 Å². The minimum absolute atomic E-state index is 0.442. The Morgan fingerprint density at radius 2 is 1.50 bits per heavy atom. The maximum atomic E-state index is 5.55. The number of benzene rings is 2. The van der Waals surface area contributed by atoms with Crippen molar-refractivity contribution in [2.24, 2.45) is 5.16 Å². The Labute approximate surface area is 129 Å². The first-order valence-corrected chi connectivity index (χ1v) is 7.13. The zero-order valence-corrected chi connectivity index (χ0v) is 12.1. The summed E-state index contributed by atoms with van der Waals surface area (Å²) in [6.07, 6.45) is 3.54. The minimum Gasteiger partial charge on any atom is -0.390 e. The molecule has 0 N–H and O–H groups in total. The first-order chi connectivity index (χ1) is 10.9. The molecule has 0 saturated carbocycles. The van der Waals surface area contributed by atoms with Crippen molar-refractivity contribution in [3.05, 3.63) is 102 Å². The number of aromatic nitrogens is 1. The monoisotopic (exact) mass is 288 g/mol. The van der Waals surface area contributed by atoms with E-state index in [0.717, 1.165) is 22.4 Å². The number of hydrogen-bond acceptors (Lipinski definition) is 3. The Hall–Kier alpha value is -2.94. The largest absolute Gasteiger partial charge is 0.390 e. The number of hydrogen-bond donors (Lipinski definition) is 0. The van der Waals surface area contributed by atoms with Gasteiger partial charge in [0.15, 0.2) is 0 Å². The van der Waals surface area contributed by atoms with Crippen LogP contribution in [0.25, 0.3) is 0 Å². The predicted molar refractivity (Wildman–Crippen MR) is 87.5 cm³/mol. The van der Waals surface area contributed by atoms with Crippen molar-refractivity contribution in [3.8, 4) is 0 Å². The highest BCUT2D eigenvalue weighted by molar-refractivity contribution is 6.12. The summed E-state index contributed by atoms with van der Waals surface area (Å²) in [6, 6.07) is 23.8. The van der Waals surface area contributed by atoms with Gasteiger partial charge in [-0.2, -0.15) is 0 Å². The molecule has 0 saturated heterocycles. The molecule has 3 nitrogen and oxygen atoms in total. The summed E-state index contributed by atoms with van der Waals surface area (Å²) in [4.78, 5) is 9.71. The summed E-state index contributed by atoms with van der Waals surface area (Å²) in [5.41, 5.74) is 3.81. The fraction of sp³-hybridized carbons (Fsp3) is 0.0526. The first kappa shape index (κ1) is 14.0. The lowest BCUT2D eigenvalue weighted by Gasteiger charge is -2.07. The van der Waals surface area contributed by atoms with Gasteiger partial charge in [0.2, 0.25) is 0 Å². The van der Waals surface area contributed by atoms with Crippen LogP contribution in [0.5, 0.6) is 0 Å². The summed E-state index contributed by atoms with van der Waals surface area (Å²) < 4.78 is 0. The summed E-state index contributed by atoms with van der Waals surface area (Å²) >= 11 is 0. The smallest absolute Gasteiger partial charge is 0.142 e. The summed E-state index contributed by atoms with van der Waals surface area (Å²) in [5, 5.41) is 4.34. The van der Waals surface area contributed by atoms with Crippen LogP contribution >= 0.6 is 0 Å². The molecule has 3 rings (SSSR count). The Balaban J connectivity index is 1.84. The van der Waals surface area contributed by atoms with Crippen LogP contribution in [0.15, 0.2) is 90.3 Å². The molecule has 0 atom stereocenters. The van der Waals surface area contributed by atoms with Crippen molar-refractivity contribution < 1.29 is 4.84 Å². The van der Waals surface area contributed by atoms with Gasteiger partial charge in [0.1, 0.15) is 12.3 Å². The predicted octanol–water partition coefficient (Wildman–Crippen LogP) is 4.05. The molecule has 1 aromatic heterocycles. The van der Waals surface area contributed by atoms with Gasteiger partial charge in [0.25, 0.3) is 0 Å². The molecule has 0 radical (unpaired) electrons. The summed E-state index contributed by atoms with van der Waals surface area (Å²) in [5.74, 6) is 0. The van der Waals surface area contributed by atoms with Crippen LogP contribution in [-0.2, 0) is 11.4 Å². The summed E-state index contributed by atoms with van der Waals surface area (Å²) in [7, 11) is 0. The van der Waals surface area contributed by atoms with Gasteiger partial charge in [-0.1, -0.05) is 65.8 Å². The van der Waals surface area contributed by atoms with Crippen molar-refractivity contribution in [1.29, 1.82) is 0 Å². The maximum absolute atomic E-state index is 5.55. The van der Waals surface area contributed by atoms with Gasteiger partial charge in [-0.15, -0.1) is 0 Å². The van der Waals surface area contributed by atoms with E-state index in [2.05, 4.69) is 10.1 Å². The van der Waals surface area contributed by atoms with Gasteiger partial charge in [0, 0.05) is 23.5 Å². The van der Waals surface area contributed by atoms with E-state index in [1.165, 1.54) is 0 Å². The topological polar surface area (TPSA) is 34.5 Å². The molecule has 0 unspecified atom stereocenters. The molecule has 0 spiro atoms. The zero-order chi connectivity index (χ0) is 15.0. The average molecular weight is 288 g/mol. The van der Waals surface area contributed by atoms with E-state index in [1.807, 2.05) is 72.8 Å². The average Bonchev–Trinajstić information content (AvgIpc) is 2.61.